The average Bonchev–Trinajstić information content (AvgIpc) is 2.99. The number of hydrogen-bond acceptors (Lipinski definition) is 4. The Morgan fingerprint density at radius 1 is 1.35 bits per heavy atom. The zero-order valence-corrected chi connectivity index (χ0v) is 14.2. The zero-order chi connectivity index (χ0) is 16.8. The first-order valence-electron chi connectivity index (χ1n) is 7.84. The molecule has 2 rings (SSSR count). The van der Waals surface area contributed by atoms with Gasteiger partial charge in [-0.25, -0.2) is 4.79 Å². The van der Waals surface area contributed by atoms with Crippen LogP contribution in [0, 0.1) is 6.92 Å². The molecule has 1 aromatic carbocycles. The molecule has 1 aliphatic carbocycles. The summed E-state index contributed by atoms with van der Waals surface area (Å²) in [5.41, 5.74) is 0.831. The molecule has 5 nitrogen and oxygen atoms in total. The third-order valence-corrected chi connectivity index (χ3v) is 4.10. The van der Waals surface area contributed by atoms with Crippen LogP contribution in [-0.4, -0.2) is 30.6 Å². The number of rotatable bonds is 6. The van der Waals surface area contributed by atoms with Crippen molar-refractivity contribution in [3.63, 3.8) is 0 Å². The van der Waals surface area contributed by atoms with E-state index in [2.05, 4.69) is 5.32 Å². The van der Waals surface area contributed by atoms with Gasteiger partial charge in [0.15, 0.2) is 12.7 Å². The Hall–Kier alpha value is -1.75. The molecule has 0 heterocycles. The van der Waals surface area contributed by atoms with Crippen molar-refractivity contribution in [3.8, 4) is 5.75 Å². The Balaban J connectivity index is 1.75. The maximum absolute atomic E-state index is 12.0. The molecule has 23 heavy (non-hydrogen) atoms. The molecule has 1 atom stereocenters. The highest BCUT2D eigenvalue weighted by Crippen LogP contribution is 2.21. The number of amides is 1. The third-order valence-electron chi connectivity index (χ3n) is 3.86. The van der Waals surface area contributed by atoms with Gasteiger partial charge >= 0.3 is 5.97 Å². The Bertz CT molecular complexity index is 570. The summed E-state index contributed by atoms with van der Waals surface area (Å²) in [7, 11) is 0. The van der Waals surface area contributed by atoms with E-state index in [-0.39, 0.29) is 18.6 Å². The molecule has 1 saturated carbocycles. The predicted molar refractivity (Wildman–Crippen MR) is 87.6 cm³/mol. The van der Waals surface area contributed by atoms with Gasteiger partial charge in [0.1, 0.15) is 5.75 Å². The fourth-order valence-electron chi connectivity index (χ4n) is 2.58. The van der Waals surface area contributed by atoms with Gasteiger partial charge in [-0.3, -0.25) is 4.79 Å². The summed E-state index contributed by atoms with van der Waals surface area (Å²) < 4.78 is 10.5. The number of hydrogen-bond donors (Lipinski definition) is 1. The second-order valence-corrected chi connectivity index (χ2v) is 6.26. The number of ether oxygens (including phenoxy) is 2. The smallest absolute Gasteiger partial charge is 0.344 e. The summed E-state index contributed by atoms with van der Waals surface area (Å²) in [6, 6.07) is 5.34. The number of halogens is 1. The first-order valence-corrected chi connectivity index (χ1v) is 8.22. The van der Waals surface area contributed by atoms with E-state index in [9.17, 15) is 9.59 Å². The number of esters is 1. The minimum absolute atomic E-state index is 0.205. The van der Waals surface area contributed by atoms with Crippen molar-refractivity contribution in [1.29, 1.82) is 0 Å². The summed E-state index contributed by atoms with van der Waals surface area (Å²) >= 11 is 5.86. The standard InChI is InChI=1S/C17H22ClNO4/c1-11-9-13(18)7-8-15(11)22-10-16(20)23-12(2)17(21)19-14-5-3-4-6-14/h7-9,12,14H,3-6,10H2,1-2H3,(H,19,21)/t12-/m0/s1. The summed E-state index contributed by atoms with van der Waals surface area (Å²) in [5, 5.41) is 3.51. The molecule has 1 fully saturated rings. The van der Waals surface area contributed by atoms with E-state index in [1.54, 1.807) is 25.1 Å². The summed E-state index contributed by atoms with van der Waals surface area (Å²) in [4.78, 5) is 23.7. The molecule has 0 bridgehead atoms. The lowest BCUT2D eigenvalue weighted by atomic mass is 10.2. The van der Waals surface area contributed by atoms with Gasteiger partial charge in [-0.05, 0) is 50.5 Å². The number of carbonyl (C=O) groups is 2. The molecule has 0 aromatic heterocycles. The highest BCUT2D eigenvalue weighted by molar-refractivity contribution is 6.30. The minimum atomic E-state index is -0.821. The van der Waals surface area contributed by atoms with Gasteiger partial charge in [-0.2, -0.15) is 0 Å². The highest BCUT2D eigenvalue weighted by Gasteiger charge is 2.23. The van der Waals surface area contributed by atoms with Crippen molar-refractivity contribution < 1.29 is 19.1 Å². The van der Waals surface area contributed by atoms with Crippen LogP contribution in [0.25, 0.3) is 0 Å². The van der Waals surface area contributed by atoms with E-state index >= 15 is 0 Å². The van der Waals surface area contributed by atoms with E-state index in [0.29, 0.717) is 10.8 Å². The molecule has 0 radical (unpaired) electrons. The second-order valence-electron chi connectivity index (χ2n) is 5.82. The Kier molecular flexibility index (Phi) is 6.28. The SMILES string of the molecule is Cc1cc(Cl)ccc1OCC(=O)O[C@@H](C)C(=O)NC1CCCC1. The molecular formula is C17H22ClNO4. The van der Waals surface area contributed by atoms with Gasteiger partial charge in [0, 0.05) is 11.1 Å². The molecule has 126 valence electrons. The lowest BCUT2D eigenvalue weighted by Crippen LogP contribution is -2.41. The van der Waals surface area contributed by atoms with Crippen LogP contribution in [0.4, 0.5) is 0 Å². The predicted octanol–water partition coefficient (Wildman–Crippen LogP) is 3.02. The van der Waals surface area contributed by atoms with E-state index in [0.717, 1.165) is 31.2 Å². The van der Waals surface area contributed by atoms with Crippen molar-refractivity contribution >= 4 is 23.5 Å². The molecule has 0 saturated heterocycles. The number of carbonyl (C=O) groups excluding carboxylic acids is 2. The molecule has 1 aliphatic rings. The largest absolute Gasteiger partial charge is 0.482 e. The molecule has 1 amide bonds. The van der Waals surface area contributed by atoms with Gasteiger partial charge in [0.25, 0.3) is 5.91 Å². The van der Waals surface area contributed by atoms with Crippen LogP contribution in [0.2, 0.25) is 5.02 Å². The van der Waals surface area contributed by atoms with Gasteiger partial charge in [-0.1, -0.05) is 24.4 Å². The molecule has 0 aliphatic heterocycles. The Morgan fingerprint density at radius 2 is 2.04 bits per heavy atom. The number of aryl methyl sites for hydroxylation is 1. The maximum Gasteiger partial charge on any atom is 0.344 e. The normalized spacial score (nSPS) is 16.0. The van der Waals surface area contributed by atoms with Gasteiger partial charge in [-0.15, -0.1) is 0 Å². The van der Waals surface area contributed by atoms with Crippen LogP contribution in [0.15, 0.2) is 18.2 Å². The molecule has 0 spiro atoms. The van der Waals surface area contributed by atoms with Crippen molar-refractivity contribution in [3.05, 3.63) is 28.8 Å². The lowest BCUT2D eigenvalue weighted by Gasteiger charge is -2.17. The van der Waals surface area contributed by atoms with E-state index in [4.69, 9.17) is 21.1 Å². The third kappa shape index (κ3) is 5.43. The topological polar surface area (TPSA) is 64.6 Å². The molecule has 1 N–H and O–H groups in total. The molecule has 1 aromatic rings. The fourth-order valence-corrected chi connectivity index (χ4v) is 2.81. The minimum Gasteiger partial charge on any atom is -0.482 e. The van der Waals surface area contributed by atoms with Gasteiger partial charge in [0.05, 0.1) is 0 Å². The van der Waals surface area contributed by atoms with Crippen molar-refractivity contribution in [2.45, 2.75) is 51.7 Å². The van der Waals surface area contributed by atoms with Crippen LogP contribution in [0.3, 0.4) is 0 Å². The first kappa shape index (κ1) is 17.6. The van der Waals surface area contributed by atoms with Crippen molar-refractivity contribution in [2.75, 3.05) is 6.61 Å². The van der Waals surface area contributed by atoms with E-state index in [1.807, 2.05) is 6.92 Å². The number of nitrogens with one attached hydrogen (secondary N) is 1. The van der Waals surface area contributed by atoms with Crippen molar-refractivity contribution in [1.82, 2.24) is 5.32 Å². The van der Waals surface area contributed by atoms with Crippen LogP contribution >= 0.6 is 11.6 Å². The van der Waals surface area contributed by atoms with E-state index < -0.39 is 12.1 Å². The second kappa shape index (κ2) is 8.20. The van der Waals surface area contributed by atoms with Crippen LogP contribution < -0.4 is 10.1 Å². The zero-order valence-electron chi connectivity index (χ0n) is 13.4. The van der Waals surface area contributed by atoms with E-state index in [1.165, 1.54) is 0 Å². The quantitative estimate of drug-likeness (QED) is 0.809. The van der Waals surface area contributed by atoms with Gasteiger partial charge in [0.2, 0.25) is 0 Å². The highest BCUT2D eigenvalue weighted by atomic mass is 35.5. The lowest BCUT2D eigenvalue weighted by molar-refractivity contribution is -0.156. The monoisotopic (exact) mass is 339 g/mol. The summed E-state index contributed by atoms with van der Waals surface area (Å²) in [5.74, 6) is -0.268. The molecular weight excluding hydrogens is 318 g/mol. The Labute approximate surface area is 141 Å². The van der Waals surface area contributed by atoms with Crippen LogP contribution in [0.5, 0.6) is 5.75 Å². The molecule has 0 unspecified atom stereocenters. The average molecular weight is 340 g/mol. The summed E-state index contributed by atoms with van der Waals surface area (Å²) in [6.07, 6.45) is 3.43. The summed E-state index contributed by atoms with van der Waals surface area (Å²) in [6.45, 7) is 3.16. The molecule has 6 heteroatoms. The fraction of sp³-hybridized carbons (Fsp3) is 0.529. The van der Waals surface area contributed by atoms with Crippen LogP contribution in [-0.2, 0) is 14.3 Å². The first-order chi connectivity index (χ1) is 11.0. The Morgan fingerprint density at radius 3 is 2.70 bits per heavy atom. The van der Waals surface area contributed by atoms with Crippen molar-refractivity contribution in [2.24, 2.45) is 0 Å². The van der Waals surface area contributed by atoms with Gasteiger partial charge < -0.3 is 14.8 Å². The number of benzene rings is 1. The maximum atomic E-state index is 12.0. The van der Waals surface area contributed by atoms with Crippen LogP contribution in [0.1, 0.15) is 38.2 Å².